The standard InChI is InChI=1S/C14H16ClF3N6O/c1-13(2)6-19-3-4-24(13)11-8(15)12(25)22-10(21-11)7-5-20-23-9(7)14(16,17)18/h5,19H,3-4,6H2,1-2H3,(H,20,23)(H,21,22,25). The molecule has 0 atom stereocenters. The van der Waals surface area contributed by atoms with Crippen LogP contribution < -0.4 is 15.8 Å². The summed E-state index contributed by atoms with van der Waals surface area (Å²) < 4.78 is 39.3. The Morgan fingerprint density at radius 2 is 2.08 bits per heavy atom. The Labute approximate surface area is 145 Å². The first-order chi connectivity index (χ1) is 11.6. The molecule has 3 N–H and O–H groups in total. The Balaban J connectivity index is 2.15. The number of nitrogens with one attached hydrogen (secondary N) is 3. The fraction of sp³-hybridized carbons (Fsp3) is 0.500. The zero-order chi connectivity index (χ0) is 18.4. The van der Waals surface area contributed by atoms with E-state index in [4.69, 9.17) is 11.6 Å². The molecule has 1 aliphatic rings. The minimum absolute atomic E-state index is 0.154. The van der Waals surface area contributed by atoms with Gasteiger partial charge in [0.1, 0.15) is 10.8 Å². The number of aromatic amines is 2. The number of alkyl halides is 3. The number of rotatable bonds is 2. The van der Waals surface area contributed by atoms with E-state index in [0.717, 1.165) is 6.20 Å². The van der Waals surface area contributed by atoms with E-state index in [2.05, 4.69) is 20.4 Å². The molecular formula is C14H16ClF3N6O. The van der Waals surface area contributed by atoms with Gasteiger partial charge in [-0.25, -0.2) is 4.98 Å². The Hall–Kier alpha value is -2.07. The van der Waals surface area contributed by atoms with E-state index in [1.54, 1.807) is 0 Å². The van der Waals surface area contributed by atoms with E-state index in [9.17, 15) is 18.0 Å². The molecule has 3 heterocycles. The van der Waals surface area contributed by atoms with Crippen molar-refractivity contribution >= 4 is 17.4 Å². The van der Waals surface area contributed by atoms with E-state index >= 15 is 0 Å². The lowest BCUT2D eigenvalue weighted by atomic mass is 10.0. The highest BCUT2D eigenvalue weighted by atomic mass is 35.5. The van der Waals surface area contributed by atoms with Gasteiger partial charge in [-0.2, -0.15) is 18.3 Å². The SMILES string of the molecule is CC1(C)CNCCN1c1nc(-c2cn[nH]c2C(F)(F)F)[nH]c(=O)c1Cl. The van der Waals surface area contributed by atoms with Gasteiger partial charge in [-0.15, -0.1) is 0 Å². The molecule has 0 spiro atoms. The number of nitrogens with zero attached hydrogens (tertiary/aromatic N) is 3. The summed E-state index contributed by atoms with van der Waals surface area (Å²) in [6.45, 7) is 5.63. The summed E-state index contributed by atoms with van der Waals surface area (Å²) in [6, 6.07) is 0. The number of H-pyrrole nitrogens is 2. The number of aromatic nitrogens is 4. The fourth-order valence-corrected chi connectivity index (χ4v) is 3.00. The van der Waals surface area contributed by atoms with Crippen LogP contribution in [0.1, 0.15) is 19.5 Å². The highest BCUT2D eigenvalue weighted by molar-refractivity contribution is 6.32. The van der Waals surface area contributed by atoms with Crippen molar-refractivity contribution in [2.45, 2.75) is 25.6 Å². The molecule has 0 amide bonds. The molecule has 2 aromatic heterocycles. The van der Waals surface area contributed by atoms with Gasteiger partial charge in [-0.3, -0.25) is 9.89 Å². The predicted molar refractivity (Wildman–Crippen MR) is 86.7 cm³/mol. The Kier molecular flexibility index (Phi) is 4.28. The lowest BCUT2D eigenvalue weighted by Crippen LogP contribution is -2.58. The minimum atomic E-state index is -4.65. The number of piperazine rings is 1. The van der Waals surface area contributed by atoms with Crippen LogP contribution in [-0.2, 0) is 6.18 Å². The van der Waals surface area contributed by atoms with E-state index < -0.39 is 23.0 Å². The van der Waals surface area contributed by atoms with Gasteiger partial charge in [0, 0.05) is 25.2 Å². The largest absolute Gasteiger partial charge is 0.433 e. The quantitative estimate of drug-likeness (QED) is 0.746. The topological polar surface area (TPSA) is 89.7 Å². The zero-order valence-corrected chi connectivity index (χ0v) is 14.2. The van der Waals surface area contributed by atoms with Crippen LogP contribution in [0.15, 0.2) is 11.0 Å². The summed E-state index contributed by atoms with van der Waals surface area (Å²) in [6.07, 6.45) is -3.68. The highest BCUT2D eigenvalue weighted by Crippen LogP contribution is 2.35. The lowest BCUT2D eigenvalue weighted by Gasteiger charge is -2.43. The van der Waals surface area contributed by atoms with Gasteiger partial charge in [0.2, 0.25) is 0 Å². The van der Waals surface area contributed by atoms with Gasteiger partial charge >= 0.3 is 6.18 Å². The minimum Gasteiger partial charge on any atom is -0.347 e. The van der Waals surface area contributed by atoms with Crippen LogP contribution >= 0.6 is 11.6 Å². The third kappa shape index (κ3) is 3.23. The van der Waals surface area contributed by atoms with Gasteiger partial charge in [0.05, 0.1) is 11.8 Å². The van der Waals surface area contributed by atoms with Crippen molar-refractivity contribution in [3.63, 3.8) is 0 Å². The monoisotopic (exact) mass is 376 g/mol. The molecular weight excluding hydrogens is 361 g/mol. The van der Waals surface area contributed by atoms with Gasteiger partial charge < -0.3 is 15.2 Å². The average Bonchev–Trinajstić information content (AvgIpc) is 3.00. The third-order valence-corrected chi connectivity index (χ3v) is 4.42. The first kappa shape index (κ1) is 17.7. The smallest absolute Gasteiger partial charge is 0.347 e. The van der Waals surface area contributed by atoms with Crippen LogP contribution in [0, 0.1) is 0 Å². The Morgan fingerprint density at radius 1 is 1.36 bits per heavy atom. The molecule has 136 valence electrons. The normalized spacial score (nSPS) is 17.8. The summed E-state index contributed by atoms with van der Waals surface area (Å²) in [5, 5.41) is 8.39. The molecule has 2 aromatic rings. The molecule has 0 unspecified atom stereocenters. The maximum absolute atomic E-state index is 13.1. The van der Waals surface area contributed by atoms with Gasteiger partial charge in [0.15, 0.2) is 11.5 Å². The van der Waals surface area contributed by atoms with Gasteiger partial charge in [-0.1, -0.05) is 11.6 Å². The summed E-state index contributed by atoms with van der Waals surface area (Å²) >= 11 is 6.10. The number of hydrogen-bond donors (Lipinski definition) is 3. The zero-order valence-electron chi connectivity index (χ0n) is 13.5. The van der Waals surface area contributed by atoms with Crippen molar-refractivity contribution in [2.75, 3.05) is 24.5 Å². The van der Waals surface area contributed by atoms with Crippen molar-refractivity contribution in [1.82, 2.24) is 25.5 Å². The fourth-order valence-electron chi connectivity index (χ4n) is 2.81. The van der Waals surface area contributed by atoms with Crippen molar-refractivity contribution < 1.29 is 13.2 Å². The second kappa shape index (κ2) is 6.03. The molecule has 0 aliphatic carbocycles. The molecule has 1 fully saturated rings. The predicted octanol–water partition coefficient (Wildman–Crippen LogP) is 2.02. The van der Waals surface area contributed by atoms with Gasteiger partial charge in [0.25, 0.3) is 5.56 Å². The van der Waals surface area contributed by atoms with E-state index in [-0.39, 0.29) is 22.2 Å². The van der Waals surface area contributed by atoms with Crippen LogP contribution in [0.5, 0.6) is 0 Å². The molecule has 3 rings (SSSR count). The van der Waals surface area contributed by atoms with Crippen LogP contribution in [0.3, 0.4) is 0 Å². The first-order valence-electron chi connectivity index (χ1n) is 7.50. The molecule has 0 aromatic carbocycles. The van der Waals surface area contributed by atoms with Crippen molar-refractivity contribution in [2.24, 2.45) is 0 Å². The molecule has 11 heteroatoms. The maximum atomic E-state index is 13.1. The molecule has 0 bridgehead atoms. The van der Waals surface area contributed by atoms with E-state index in [1.165, 1.54) is 0 Å². The van der Waals surface area contributed by atoms with E-state index in [0.29, 0.717) is 19.6 Å². The van der Waals surface area contributed by atoms with Gasteiger partial charge in [-0.05, 0) is 13.8 Å². The Morgan fingerprint density at radius 3 is 2.72 bits per heavy atom. The Bertz CT molecular complexity index is 844. The summed E-state index contributed by atoms with van der Waals surface area (Å²) in [7, 11) is 0. The average molecular weight is 377 g/mol. The third-order valence-electron chi connectivity index (χ3n) is 4.08. The first-order valence-corrected chi connectivity index (χ1v) is 7.88. The summed E-state index contributed by atoms with van der Waals surface area (Å²) in [5.74, 6) is -0.0824. The number of halogens is 4. The summed E-state index contributed by atoms with van der Waals surface area (Å²) in [5.41, 5.74) is -2.53. The van der Waals surface area contributed by atoms with Crippen LogP contribution in [0.25, 0.3) is 11.4 Å². The molecule has 7 nitrogen and oxygen atoms in total. The van der Waals surface area contributed by atoms with Crippen molar-refractivity contribution in [3.8, 4) is 11.4 Å². The maximum Gasteiger partial charge on any atom is 0.433 e. The second-order valence-corrected chi connectivity index (χ2v) is 6.73. The second-order valence-electron chi connectivity index (χ2n) is 6.35. The van der Waals surface area contributed by atoms with Crippen LogP contribution in [0.4, 0.5) is 19.0 Å². The molecule has 1 saturated heterocycles. The summed E-state index contributed by atoms with van der Waals surface area (Å²) in [4.78, 5) is 20.5. The van der Waals surface area contributed by atoms with Crippen molar-refractivity contribution in [1.29, 1.82) is 0 Å². The molecule has 1 aliphatic heterocycles. The molecule has 25 heavy (non-hydrogen) atoms. The van der Waals surface area contributed by atoms with E-state index in [1.807, 2.05) is 23.8 Å². The molecule has 0 radical (unpaired) electrons. The van der Waals surface area contributed by atoms with Crippen molar-refractivity contribution in [3.05, 3.63) is 27.3 Å². The molecule has 0 saturated carbocycles. The highest BCUT2D eigenvalue weighted by Gasteiger charge is 2.38. The number of anilines is 1. The van der Waals surface area contributed by atoms with Crippen LogP contribution in [-0.4, -0.2) is 45.3 Å². The van der Waals surface area contributed by atoms with Crippen LogP contribution in [0.2, 0.25) is 5.02 Å². The lowest BCUT2D eigenvalue weighted by molar-refractivity contribution is -0.140. The number of hydrogen-bond acceptors (Lipinski definition) is 5.